The number of fused-ring (bicyclic) bond motifs is 1. The minimum Gasteiger partial charge on any atom is -0.338 e. The van der Waals surface area contributed by atoms with Gasteiger partial charge in [-0.3, -0.25) is 0 Å². The van der Waals surface area contributed by atoms with E-state index in [4.69, 9.17) is 9.97 Å². The first kappa shape index (κ1) is 13.1. The zero-order chi connectivity index (χ0) is 13.8. The van der Waals surface area contributed by atoms with Crippen LogP contribution >= 0.6 is 0 Å². The van der Waals surface area contributed by atoms with Crippen LogP contribution in [0.15, 0.2) is 36.9 Å². The van der Waals surface area contributed by atoms with E-state index >= 15 is 0 Å². The molecule has 1 N–H and O–H groups in total. The molecular weight excluding hydrogens is 248 g/mol. The first-order chi connectivity index (χ1) is 9.88. The number of para-hydroxylation sites is 1. The molecule has 1 aliphatic rings. The third kappa shape index (κ3) is 2.65. The minimum atomic E-state index is 0.865. The summed E-state index contributed by atoms with van der Waals surface area (Å²) in [5.74, 6) is 0.865. The van der Waals surface area contributed by atoms with Gasteiger partial charge in [-0.15, -0.1) is 6.58 Å². The molecule has 0 saturated carbocycles. The Labute approximate surface area is 119 Å². The summed E-state index contributed by atoms with van der Waals surface area (Å²) >= 11 is 0. The number of nitrogens with one attached hydrogen (secondary N) is 1. The van der Waals surface area contributed by atoms with Gasteiger partial charge in [0, 0.05) is 31.6 Å². The zero-order valence-electron chi connectivity index (χ0n) is 11.7. The number of nitrogens with zero attached hydrogens (tertiary/aromatic N) is 3. The molecule has 1 aromatic heterocycles. The Bertz CT molecular complexity index is 602. The number of hydrogen-bond acceptors (Lipinski definition) is 4. The highest BCUT2D eigenvalue weighted by Crippen LogP contribution is 2.21. The number of allylic oxidation sites excluding steroid dienone is 1. The van der Waals surface area contributed by atoms with Crippen molar-refractivity contribution in [1.82, 2.24) is 15.3 Å². The highest BCUT2D eigenvalue weighted by Gasteiger charge is 2.15. The number of aromatic nitrogens is 2. The third-order valence-electron chi connectivity index (χ3n) is 3.66. The lowest BCUT2D eigenvalue weighted by Crippen LogP contribution is -2.44. The monoisotopic (exact) mass is 268 g/mol. The fourth-order valence-electron chi connectivity index (χ4n) is 2.56. The summed E-state index contributed by atoms with van der Waals surface area (Å²) in [5, 5.41) is 4.52. The molecule has 0 spiro atoms. The standard InChI is InChI=1S/C16H20N4/c1-2-3-7-14-13-6-4-5-8-15(13)19-16(18-14)20-11-9-17-10-12-20/h2,4-6,8,17H,1,3,7,9-12H2. The molecule has 3 rings (SSSR count). The van der Waals surface area contributed by atoms with Crippen LogP contribution in [0.1, 0.15) is 12.1 Å². The van der Waals surface area contributed by atoms with Gasteiger partial charge in [-0.2, -0.15) is 0 Å². The molecule has 0 radical (unpaired) electrons. The van der Waals surface area contributed by atoms with Crippen LogP contribution in [0.2, 0.25) is 0 Å². The largest absolute Gasteiger partial charge is 0.338 e. The summed E-state index contributed by atoms with van der Waals surface area (Å²) in [7, 11) is 0. The second-order valence-electron chi connectivity index (χ2n) is 5.05. The van der Waals surface area contributed by atoms with Crippen LogP contribution in [-0.2, 0) is 6.42 Å². The van der Waals surface area contributed by atoms with Gasteiger partial charge in [-0.05, 0) is 18.9 Å². The van der Waals surface area contributed by atoms with Gasteiger partial charge in [-0.25, -0.2) is 9.97 Å². The predicted octanol–water partition coefficient (Wildman–Crippen LogP) is 2.16. The molecule has 104 valence electrons. The van der Waals surface area contributed by atoms with Gasteiger partial charge in [0.1, 0.15) is 0 Å². The van der Waals surface area contributed by atoms with E-state index in [0.717, 1.165) is 61.6 Å². The first-order valence-corrected chi connectivity index (χ1v) is 7.20. The second-order valence-corrected chi connectivity index (χ2v) is 5.05. The summed E-state index contributed by atoms with van der Waals surface area (Å²) in [5.41, 5.74) is 2.17. The van der Waals surface area contributed by atoms with Crippen LogP contribution in [-0.4, -0.2) is 36.1 Å². The van der Waals surface area contributed by atoms with Gasteiger partial charge < -0.3 is 10.2 Å². The molecule has 0 bridgehead atoms. The highest BCUT2D eigenvalue weighted by atomic mass is 15.3. The van der Waals surface area contributed by atoms with Crippen LogP contribution in [0.3, 0.4) is 0 Å². The van der Waals surface area contributed by atoms with E-state index in [9.17, 15) is 0 Å². The van der Waals surface area contributed by atoms with Crippen LogP contribution in [0.5, 0.6) is 0 Å². The fraction of sp³-hybridized carbons (Fsp3) is 0.375. The van der Waals surface area contributed by atoms with Crippen LogP contribution in [0, 0.1) is 0 Å². The van der Waals surface area contributed by atoms with E-state index in [0.29, 0.717) is 0 Å². The fourth-order valence-corrected chi connectivity index (χ4v) is 2.56. The molecule has 4 heteroatoms. The Hall–Kier alpha value is -1.94. The topological polar surface area (TPSA) is 41.1 Å². The molecule has 0 aliphatic carbocycles. The number of piperazine rings is 1. The van der Waals surface area contributed by atoms with Crippen molar-refractivity contribution in [3.63, 3.8) is 0 Å². The third-order valence-corrected chi connectivity index (χ3v) is 3.66. The van der Waals surface area contributed by atoms with E-state index in [1.54, 1.807) is 0 Å². The van der Waals surface area contributed by atoms with E-state index in [1.165, 1.54) is 0 Å². The van der Waals surface area contributed by atoms with Crippen molar-refractivity contribution in [2.45, 2.75) is 12.8 Å². The number of anilines is 1. The summed E-state index contributed by atoms with van der Waals surface area (Å²) in [6.07, 6.45) is 3.81. The zero-order valence-corrected chi connectivity index (χ0v) is 11.7. The molecule has 2 heterocycles. The maximum Gasteiger partial charge on any atom is 0.226 e. The second kappa shape index (κ2) is 6.01. The molecule has 1 aliphatic heterocycles. The van der Waals surface area contributed by atoms with Gasteiger partial charge in [0.25, 0.3) is 0 Å². The van der Waals surface area contributed by atoms with Crippen LogP contribution in [0.4, 0.5) is 5.95 Å². The van der Waals surface area contributed by atoms with E-state index in [1.807, 2.05) is 18.2 Å². The Morgan fingerprint density at radius 2 is 2.00 bits per heavy atom. The van der Waals surface area contributed by atoms with Crippen molar-refractivity contribution in [2.24, 2.45) is 0 Å². The maximum atomic E-state index is 4.80. The lowest BCUT2D eigenvalue weighted by molar-refractivity contribution is 0.579. The van der Waals surface area contributed by atoms with Gasteiger partial charge >= 0.3 is 0 Å². The first-order valence-electron chi connectivity index (χ1n) is 7.20. The molecule has 1 saturated heterocycles. The van der Waals surface area contributed by atoms with E-state index in [2.05, 4.69) is 28.9 Å². The number of aryl methyl sites for hydroxylation is 1. The summed E-state index contributed by atoms with van der Waals surface area (Å²) in [4.78, 5) is 11.8. The maximum absolute atomic E-state index is 4.80. The number of benzene rings is 1. The molecule has 1 aromatic carbocycles. The SMILES string of the molecule is C=CCCc1nc(N2CCNCC2)nc2ccccc12. The molecule has 20 heavy (non-hydrogen) atoms. The highest BCUT2D eigenvalue weighted by molar-refractivity contribution is 5.82. The normalized spacial score (nSPS) is 15.5. The van der Waals surface area contributed by atoms with Crippen LogP contribution < -0.4 is 10.2 Å². The Morgan fingerprint density at radius 1 is 1.20 bits per heavy atom. The summed E-state index contributed by atoms with van der Waals surface area (Å²) < 4.78 is 0. The summed E-state index contributed by atoms with van der Waals surface area (Å²) in [6.45, 7) is 7.75. The lowest BCUT2D eigenvalue weighted by atomic mass is 10.1. The average Bonchev–Trinajstić information content (AvgIpc) is 2.53. The Balaban J connectivity index is 2.01. The number of hydrogen-bond donors (Lipinski definition) is 1. The van der Waals surface area contributed by atoms with Gasteiger partial charge in [-0.1, -0.05) is 24.3 Å². The Morgan fingerprint density at radius 3 is 2.80 bits per heavy atom. The molecule has 4 nitrogen and oxygen atoms in total. The Kier molecular flexibility index (Phi) is 3.92. The van der Waals surface area contributed by atoms with Crippen molar-refractivity contribution in [3.8, 4) is 0 Å². The molecule has 0 atom stereocenters. The smallest absolute Gasteiger partial charge is 0.226 e. The van der Waals surface area contributed by atoms with Crippen molar-refractivity contribution in [3.05, 3.63) is 42.6 Å². The summed E-state index contributed by atoms with van der Waals surface area (Å²) in [6, 6.07) is 8.26. The molecule has 1 fully saturated rings. The average molecular weight is 268 g/mol. The van der Waals surface area contributed by atoms with E-state index in [-0.39, 0.29) is 0 Å². The lowest BCUT2D eigenvalue weighted by Gasteiger charge is -2.27. The van der Waals surface area contributed by atoms with Gasteiger partial charge in [0.15, 0.2) is 0 Å². The van der Waals surface area contributed by atoms with Gasteiger partial charge in [0.05, 0.1) is 11.2 Å². The molecular formula is C16H20N4. The van der Waals surface area contributed by atoms with Crippen molar-refractivity contribution < 1.29 is 0 Å². The number of rotatable bonds is 4. The molecule has 0 amide bonds. The van der Waals surface area contributed by atoms with Crippen molar-refractivity contribution in [2.75, 3.05) is 31.1 Å². The molecule has 2 aromatic rings. The molecule has 0 unspecified atom stereocenters. The van der Waals surface area contributed by atoms with Gasteiger partial charge in [0.2, 0.25) is 5.95 Å². The quantitative estimate of drug-likeness (QED) is 0.863. The van der Waals surface area contributed by atoms with Crippen molar-refractivity contribution >= 4 is 16.9 Å². The van der Waals surface area contributed by atoms with Crippen LogP contribution in [0.25, 0.3) is 10.9 Å². The van der Waals surface area contributed by atoms with Crippen molar-refractivity contribution in [1.29, 1.82) is 0 Å². The minimum absolute atomic E-state index is 0.865. The predicted molar refractivity (Wildman–Crippen MR) is 83.1 cm³/mol. The van der Waals surface area contributed by atoms with E-state index < -0.39 is 0 Å².